The van der Waals surface area contributed by atoms with Crippen LogP contribution in [0.15, 0.2) is 12.4 Å². The van der Waals surface area contributed by atoms with Crippen molar-refractivity contribution in [3.8, 4) is 0 Å². The number of anilines is 2. The standard InChI is InChI=1S/C12H16N6O2/c1-7(19)10-15-9(6-17(10)3)16-12(20)11-14-8(13-2)5-18(11)4/h5-6,13H,1-4H3,(H,16,20). The molecular weight excluding hydrogens is 260 g/mol. The molecule has 0 bridgehead atoms. The normalized spacial score (nSPS) is 10.4. The Morgan fingerprint density at radius 1 is 1.05 bits per heavy atom. The fourth-order valence-corrected chi connectivity index (χ4v) is 1.82. The van der Waals surface area contributed by atoms with Gasteiger partial charge in [0.05, 0.1) is 0 Å². The van der Waals surface area contributed by atoms with Gasteiger partial charge in [0, 0.05) is 40.5 Å². The summed E-state index contributed by atoms with van der Waals surface area (Å²) >= 11 is 0. The second-order valence-corrected chi connectivity index (χ2v) is 4.38. The molecule has 0 saturated heterocycles. The van der Waals surface area contributed by atoms with Crippen LogP contribution in [0.3, 0.4) is 0 Å². The minimum atomic E-state index is -0.387. The van der Waals surface area contributed by atoms with Crippen LogP contribution < -0.4 is 10.6 Å². The minimum Gasteiger partial charge on any atom is -0.372 e. The summed E-state index contributed by atoms with van der Waals surface area (Å²) in [4.78, 5) is 31.6. The van der Waals surface area contributed by atoms with Crippen LogP contribution >= 0.6 is 0 Å². The number of nitrogens with one attached hydrogen (secondary N) is 2. The van der Waals surface area contributed by atoms with Crippen LogP contribution in [0.5, 0.6) is 0 Å². The largest absolute Gasteiger partial charge is 0.372 e. The highest BCUT2D eigenvalue weighted by Gasteiger charge is 2.16. The summed E-state index contributed by atoms with van der Waals surface area (Å²) < 4.78 is 3.17. The van der Waals surface area contributed by atoms with Gasteiger partial charge in [0.1, 0.15) is 5.82 Å². The van der Waals surface area contributed by atoms with E-state index in [0.29, 0.717) is 11.6 Å². The van der Waals surface area contributed by atoms with Gasteiger partial charge < -0.3 is 19.8 Å². The van der Waals surface area contributed by atoms with Crippen LogP contribution in [0.2, 0.25) is 0 Å². The maximum absolute atomic E-state index is 12.1. The smallest absolute Gasteiger partial charge is 0.292 e. The predicted molar refractivity (Wildman–Crippen MR) is 73.9 cm³/mol. The molecule has 0 atom stereocenters. The number of carbonyl (C=O) groups is 2. The van der Waals surface area contributed by atoms with Gasteiger partial charge in [-0.25, -0.2) is 9.97 Å². The van der Waals surface area contributed by atoms with Crippen molar-refractivity contribution in [2.24, 2.45) is 14.1 Å². The third-order valence-electron chi connectivity index (χ3n) is 2.77. The quantitative estimate of drug-likeness (QED) is 0.800. The molecule has 1 amide bonds. The Morgan fingerprint density at radius 3 is 2.10 bits per heavy atom. The Hall–Kier alpha value is -2.64. The molecule has 0 aliphatic heterocycles. The number of aryl methyl sites for hydroxylation is 2. The molecule has 8 heteroatoms. The molecule has 0 aliphatic carbocycles. The molecule has 0 aromatic carbocycles. The maximum atomic E-state index is 12.1. The molecule has 0 saturated carbocycles. The number of ketones is 1. The van der Waals surface area contributed by atoms with Crippen molar-refractivity contribution in [2.45, 2.75) is 6.92 Å². The number of nitrogens with zero attached hydrogens (tertiary/aromatic N) is 4. The lowest BCUT2D eigenvalue weighted by molar-refractivity contribution is 0.0993. The van der Waals surface area contributed by atoms with E-state index in [0.717, 1.165) is 0 Å². The second-order valence-electron chi connectivity index (χ2n) is 4.38. The second kappa shape index (κ2) is 5.16. The Bertz CT molecular complexity index is 670. The van der Waals surface area contributed by atoms with E-state index >= 15 is 0 Å². The van der Waals surface area contributed by atoms with Crippen LogP contribution in [0.4, 0.5) is 11.6 Å². The highest BCUT2D eigenvalue weighted by atomic mass is 16.2. The van der Waals surface area contributed by atoms with Crippen LogP contribution in [-0.2, 0) is 14.1 Å². The van der Waals surface area contributed by atoms with Gasteiger partial charge in [0.15, 0.2) is 17.4 Å². The van der Waals surface area contributed by atoms with Crippen molar-refractivity contribution >= 4 is 23.3 Å². The first-order valence-electron chi connectivity index (χ1n) is 5.99. The number of imidazole rings is 2. The number of amides is 1. The summed E-state index contributed by atoms with van der Waals surface area (Å²) in [5.74, 6) is 0.907. The lowest BCUT2D eigenvalue weighted by Crippen LogP contribution is -2.17. The van der Waals surface area contributed by atoms with E-state index in [4.69, 9.17) is 0 Å². The zero-order valence-electron chi connectivity index (χ0n) is 11.8. The molecule has 2 aromatic rings. The van der Waals surface area contributed by atoms with E-state index in [1.54, 1.807) is 42.7 Å². The van der Waals surface area contributed by atoms with Gasteiger partial charge in [-0.3, -0.25) is 9.59 Å². The van der Waals surface area contributed by atoms with E-state index in [1.807, 2.05) is 0 Å². The molecule has 20 heavy (non-hydrogen) atoms. The average molecular weight is 276 g/mol. The molecule has 8 nitrogen and oxygen atoms in total. The average Bonchev–Trinajstić information content (AvgIpc) is 2.92. The summed E-state index contributed by atoms with van der Waals surface area (Å²) in [5.41, 5.74) is 0. The predicted octanol–water partition coefficient (Wildman–Crippen LogP) is 0.650. The molecule has 106 valence electrons. The first kappa shape index (κ1) is 13.8. The summed E-state index contributed by atoms with van der Waals surface area (Å²) in [5, 5.41) is 5.48. The fraction of sp³-hybridized carbons (Fsp3) is 0.333. The summed E-state index contributed by atoms with van der Waals surface area (Å²) in [6.45, 7) is 1.42. The molecule has 2 rings (SSSR count). The minimum absolute atomic E-state index is 0.164. The molecule has 2 heterocycles. The van der Waals surface area contributed by atoms with E-state index in [-0.39, 0.29) is 23.3 Å². The number of hydrogen-bond acceptors (Lipinski definition) is 5. The molecule has 2 N–H and O–H groups in total. The Labute approximate surface area is 115 Å². The molecular formula is C12H16N6O2. The lowest BCUT2D eigenvalue weighted by Gasteiger charge is -2.00. The number of rotatable bonds is 4. The van der Waals surface area contributed by atoms with E-state index in [1.165, 1.54) is 6.92 Å². The Morgan fingerprint density at radius 2 is 1.60 bits per heavy atom. The molecule has 0 spiro atoms. The van der Waals surface area contributed by atoms with Gasteiger partial charge in [0.2, 0.25) is 5.82 Å². The zero-order chi connectivity index (χ0) is 14.9. The van der Waals surface area contributed by atoms with E-state index in [2.05, 4.69) is 20.6 Å². The van der Waals surface area contributed by atoms with Crippen molar-refractivity contribution in [1.82, 2.24) is 19.1 Å². The van der Waals surface area contributed by atoms with Gasteiger partial charge >= 0.3 is 0 Å². The van der Waals surface area contributed by atoms with Gasteiger partial charge in [-0.2, -0.15) is 0 Å². The van der Waals surface area contributed by atoms with Crippen molar-refractivity contribution < 1.29 is 9.59 Å². The summed E-state index contributed by atoms with van der Waals surface area (Å²) in [7, 11) is 5.14. The van der Waals surface area contributed by atoms with Crippen molar-refractivity contribution in [3.05, 3.63) is 24.0 Å². The summed E-state index contributed by atoms with van der Waals surface area (Å²) in [6.07, 6.45) is 3.28. The number of aromatic nitrogens is 4. The highest BCUT2D eigenvalue weighted by molar-refractivity contribution is 6.02. The Kier molecular flexibility index (Phi) is 3.55. The van der Waals surface area contributed by atoms with Crippen LogP contribution in [0.25, 0.3) is 0 Å². The Balaban J connectivity index is 2.21. The number of carbonyl (C=O) groups excluding carboxylic acids is 2. The van der Waals surface area contributed by atoms with E-state index in [9.17, 15) is 9.59 Å². The lowest BCUT2D eigenvalue weighted by atomic mass is 10.4. The molecule has 0 fully saturated rings. The topological polar surface area (TPSA) is 93.8 Å². The summed E-state index contributed by atoms with van der Waals surface area (Å²) in [6, 6.07) is 0. The monoisotopic (exact) mass is 276 g/mol. The first-order valence-corrected chi connectivity index (χ1v) is 5.99. The highest BCUT2D eigenvalue weighted by Crippen LogP contribution is 2.11. The molecule has 2 aromatic heterocycles. The third-order valence-corrected chi connectivity index (χ3v) is 2.77. The fourth-order valence-electron chi connectivity index (χ4n) is 1.82. The van der Waals surface area contributed by atoms with Crippen LogP contribution in [0.1, 0.15) is 28.2 Å². The van der Waals surface area contributed by atoms with Gasteiger partial charge in [-0.15, -0.1) is 0 Å². The van der Waals surface area contributed by atoms with Crippen molar-refractivity contribution in [3.63, 3.8) is 0 Å². The van der Waals surface area contributed by atoms with Gasteiger partial charge in [-0.1, -0.05) is 0 Å². The molecule has 0 unspecified atom stereocenters. The number of hydrogen-bond donors (Lipinski definition) is 2. The first-order chi connectivity index (χ1) is 9.42. The van der Waals surface area contributed by atoms with E-state index < -0.39 is 0 Å². The third kappa shape index (κ3) is 2.53. The van der Waals surface area contributed by atoms with Gasteiger partial charge in [-0.05, 0) is 0 Å². The zero-order valence-corrected chi connectivity index (χ0v) is 11.8. The van der Waals surface area contributed by atoms with Crippen molar-refractivity contribution in [1.29, 1.82) is 0 Å². The van der Waals surface area contributed by atoms with Crippen LogP contribution in [0, 0.1) is 0 Å². The molecule has 0 radical (unpaired) electrons. The van der Waals surface area contributed by atoms with Crippen molar-refractivity contribution in [2.75, 3.05) is 17.7 Å². The van der Waals surface area contributed by atoms with Gasteiger partial charge in [0.25, 0.3) is 5.91 Å². The SMILES string of the molecule is CNc1cn(C)c(C(=O)Nc2cn(C)c(C(C)=O)n2)n1. The van der Waals surface area contributed by atoms with Crippen LogP contribution in [-0.4, -0.2) is 37.8 Å². The number of Topliss-reactive ketones (excluding diaryl/α,β-unsaturated/α-hetero) is 1. The maximum Gasteiger partial charge on any atom is 0.292 e. The molecule has 0 aliphatic rings.